The van der Waals surface area contributed by atoms with Crippen molar-refractivity contribution in [2.45, 2.75) is 26.8 Å². The number of aryl methyl sites for hydroxylation is 1. The molecule has 0 aliphatic rings. The molecule has 1 unspecified atom stereocenters. The lowest BCUT2D eigenvalue weighted by Gasteiger charge is -2.14. The molecule has 0 aliphatic heterocycles. The number of nitrogens with one attached hydrogen (secondary N) is 1. The number of halogens is 1. The summed E-state index contributed by atoms with van der Waals surface area (Å²) in [6, 6.07) is 4.20. The highest BCUT2D eigenvalue weighted by Crippen LogP contribution is 2.16. The van der Waals surface area contributed by atoms with Gasteiger partial charge in [0.15, 0.2) is 0 Å². The second kappa shape index (κ2) is 6.14. The van der Waals surface area contributed by atoms with E-state index in [1.807, 2.05) is 0 Å². The second-order valence-corrected chi connectivity index (χ2v) is 3.92. The summed E-state index contributed by atoms with van der Waals surface area (Å²) < 4.78 is 17.9. The minimum atomic E-state index is -0.933. The van der Waals surface area contributed by atoms with Crippen LogP contribution in [0, 0.1) is 12.7 Å². The van der Waals surface area contributed by atoms with Gasteiger partial charge in [0.25, 0.3) is 0 Å². The topological polar surface area (TPSA) is 55.4 Å². The van der Waals surface area contributed by atoms with Gasteiger partial charge in [-0.1, -0.05) is 12.1 Å². The van der Waals surface area contributed by atoms with Gasteiger partial charge in [-0.15, -0.1) is 0 Å². The van der Waals surface area contributed by atoms with Gasteiger partial charge < -0.3 is 10.1 Å². The van der Waals surface area contributed by atoms with Crippen LogP contribution in [0.25, 0.3) is 0 Å². The Kier molecular flexibility index (Phi) is 4.83. The number of carbonyl (C=O) groups excluding carboxylic acids is 2. The molecule has 5 heteroatoms. The van der Waals surface area contributed by atoms with Crippen LogP contribution >= 0.6 is 0 Å². The van der Waals surface area contributed by atoms with E-state index in [-0.39, 0.29) is 12.4 Å². The summed E-state index contributed by atoms with van der Waals surface area (Å²) in [7, 11) is 0. The van der Waals surface area contributed by atoms with Gasteiger partial charge in [-0.3, -0.25) is 4.79 Å². The Labute approximate surface area is 105 Å². The van der Waals surface area contributed by atoms with Gasteiger partial charge >= 0.3 is 11.9 Å². The van der Waals surface area contributed by atoms with Crippen LogP contribution < -0.4 is 5.32 Å². The summed E-state index contributed by atoms with van der Waals surface area (Å²) in [5.74, 6) is -2.10. The zero-order valence-corrected chi connectivity index (χ0v) is 10.6. The average Bonchev–Trinajstić information content (AvgIpc) is 2.32. The average molecular weight is 253 g/mol. The quantitative estimate of drug-likeness (QED) is 0.661. The van der Waals surface area contributed by atoms with Crippen LogP contribution in [0.5, 0.6) is 0 Å². The van der Waals surface area contributed by atoms with E-state index in [0.717, 1.165) is 0 Å². The fourth-order valence-corrected chi connectivity index (χ4v) is 1.41. The Morgan fingerprint density at radius 1 is 1.44 bits per heavy atom. The maximum atomic E-state index is 13.4. The lowest BCUT2D eigenvalue weighted by molar-refractivity contribution is -0.154. The van der Waals surface area contributed by atoms with Crippen molar-refractivity contribution in [2.75, 3.05) is 6.61 Å². The van der Waals surface area contributed by atoms with Gasteiger partial charge in [-0.05, 0) is 38.0 Å². The summed E-state index contributed by atoms with van der Waals surface area (Å²) in [6.45, 7) is 5.08. The van der Waals surface area contributed by atoms with Crippen molar-refractivity contribution in [2.24, 2.45) is 0 Å². The summed E-state index contributed by atoms with van der Waals surface area (Å²) in [6.07, 6.45) is 0. The number of rotatable bonds is 3. The standard InChI is InChI=1S/C13H16FNO3/c1-4-18-13(17)12(16)15-9(3)10-6-5-8(2)11(14)7-10/h5-7,9H,4H2,1-3H3,(H,15,16). The highest BCUT2D eigenvalue weighted by molar-refractivity contribution is 6.32. The maximum absolute atomic E-state index is 13.4. The zero-order valence-electron chi connectivity index (χ0n) is 10.6. The summed E-state index contributed by atoms with van der Waals surface area (Å²) >= 11 is 0. The van der Waals surface area contributed by atoms with Crippen molar-refractivity contribution >= 4 is 11.9 Å². The molecule has 1 aromatic rings. The highest BCUT2D eigenvalue weighted by Gasteiger charge is 2.18. The van der Waals surface area contributed by atoms with Crippen molar-refractivity contribution in [3.8, 4) is 0 Å². The number of esters is 1. The van der Waals surface area contributed by atoms with Crippen molar-refractivity contribution < 1.29 is 18.7 Å². The lowest BCUT2D eigenvalue weighted by Crippen LogP contribution is -2.34. The Morgan fingerprint density at radius 2 is 2.11 bits per heavy atom. The molecule has 0 radical (unpaired) electrons. The first-order valence-electron chi connectivity index (χ1n) is 5.69. The molecule has 98 valence electrons. The van der Waals surface area contributed by atoms with E-state index in [1.54, 1.807) is 32.9 Å². The van der Waals surface area contributed by atoms with Gasteiger partial charge in [0.1, 0.15) is 5.82 Å². The third kappa shape index (κ3) is 3.55. The van der Waals surface area contributed by atoms with E-state index < -0.39 is 17.9 Å². The van der Waals surface area contributed by atoms with E-state index >= 15 is 0 Å². The van der Waals surface area contributed by atoms with E-state index in [2.05, 4.69) is 10.1 Å². The molecular weight excluding hydrogens is 237 g/mol. The molecule has 0 heterocycles. The lowest BCUT2D eigenvalue weighted by atomic mass is 10.1. The fraction of sp³-hybridized carbons (Fsp3) is 0.385. The summed E-state index contributed by atoms with van der Waals surface area (Å²) in [4.78, 5) is 22.5. The Morgan fingerprint density at radius 3 is 2.67 bits per heavy atom. The third-order valence-corrected chi connectivity index (χ3v) is 2.50. The van der Waals surface area contributed by atoms with Crippen LogP contribution in [0.4, 0.5) is 4.39 Å². The third-order valence-electron chi connectivity index (χ3n) is 2.50. The molecule has 1 amide bonds. The molecule has 1 atom stereocenters. The van der Waals surface area contributed by atoms with Crippen LogP contribution in [0.1, 0.15) is 31.0 Å². The SMILES string of the molecule is CCOC(=O)C(=O)NC(C)c1ccc(C)c(F)c1. The predicted molar refractivity (Wildman–Crippen MR) is 64.3 cm³/mol. The smallest absolute Gasteiger partial charge is 0.396 e. The van der Waals surface area contributed by atoms with Gasteiger partial charge in [-0.2, -0.15) is 0 Å². The normalized spacial score (nSPS) is 11.8. The maximum Gasteiger partial charge on any atom is 0.396 e. The molecule has 0 bridgehead atoms. The molecule has 18 heavy (non-hydrogen) atoms. The van der Waals surface area contributed by atoms with Crippen LogP contribution in [0.2, 0.25) is 0 Å². The molecular formula is C13H16FNO3. The molecule has 4 nitrogen and oxygen atoms in total. The molecule has 1 N–H and O–H groups in total. The van der Waals surface area contributed by atoms with Crippen LogP contribution in [0.15, 0.2) is 18.2 Å². The molecule has 0 saturated carbocycles. The molecule has 0 spiro atoms. The highest BCUT2D eigenvalue weighted by atomic mass is 19.1. The first kappa shape index (κ1) is 14.2. The Bertz CT molecular complexity index is 460. The minimum Gasteiger partial charge on any atom is -0.459 e. The number of benzene rings is 1. The molecule has 0 aromatic heterocycles. The van der Waals surface area contributed by atoms with Gasteiger partial charge in [0.05, 0.1) is 12.6 Å². The van der Waals surface area contributed by atoms with Gasteiger partial charge in [-0.25, -0.2) is 9.18 Å². The van der Waals surface area contributed by atoms with Crippen molar-refractivity contribution in [1.82, 2.24) is 5.32 Å². The van der Waals surface area contributed by atoms with E-state index in [1.165, 1.54) is 6.07 Å². The zero-order chi connectivity index (χ0) is 13.7. The number of amides is 1. The van der Waals surface area contributed by atoms with Gasteiger partial charge in [0.2, 0.25) is 0 Å². The monoisotopic (exact) mass is 253 g/mol. The predicted octanol–water partition coefficient (Wildman–Crippen LogP) is 1.87. The first-order chi connectivity index (χ1) is 8.45. The van der Waals surface area contributed by atoms with Crippen molar-refractivity contribution in [3.63, 3.8) is 0 Å². The first-order valence-corrected chi connectivity index (χ1v) is 5.69. The molecule has 1 aromatic carbocycles. The second-order valence-electron chi connectivity index (χ2n) is 3.92. The van der Waals surface area contributed by atoms with Crippen LogP contribution in [0.3, 0.4) is 0 Å². The summed E-state index contributed by atoms with van der Waals surface area (Å²) in [5.41, 5.74) is 1.12. The molecule has 0 aliphatic carbocycles. The molecule has 0 saturated heterocycles. The number of hydrogen-bond acceptors (Lipinski definition) is 3. The molecule has 1 rings (SSSR count). The van der Waals surface area contributed by atoms with E-state index in [4.69, 9.17) is 0 Å². The number of carbonyl (C=O) groups is 2. The Balaban J connectivity index is 2.70. The van der Waals surface area contributed by atoms with Crippen molar-refractivity contribution in [1.29, 1.82) is 0 Å². The number of hydrogen-bond donors (Lipinski definition) is 1. The van der Waals surface area contributed by atoms with Crippen molar-refractivity contribution in [3.05, 3.63) is 35.1 Å². The largest absolute Gasteiger partial charge is 0.459 e. The Hall–Kier alpha value is -1.91. The summed E-state index contributed by atoms with van der Waals surface area (Å²) in [5, 5.41) is 2.45. The fourth-order valence-electron chi connectivity index (χ4n) is 1.41. The van der Waals surface area contributed by atoms with Crippen LogP contribution in [-0.4, -0.2) is 18.5 Å². The number of ether oxygens (including phenoxy) is 1. The van der Waals surface area contributed by atoms with Gasteiger partial charge in [0, 0.05) is 0 Å². The minimum absolute atomic E-state index is 0.139. The van der Waals surface area contributed by atoms with Crippen LogP contribution in [-0.2, 0) is 14.3 Å². The van der Waals surface area contributed by atoms with E-state index in [0.29, 0.717) is 11.1 Å². The van der Waals surface area contributed by atoms with E-state index in [9.17, 15) is 14.0 Å². The molecule has 0 fully saturated rings.